The first-order valence-electron chi connectivity index (χ1n) is 5.89. The van der Waals surface area contributed by atoms with Crippen molar-refractivity contribution in [2.45, 2.75) is 12.5 Å². The molecule has 6 heteroatoms. The highest BCUT2D eigenvalue weighted by Crippen LogP contribution is 2.14. The zero-order chi connectivity index (χ0) is 14.3. The van der Waals surface area contributed by atoms with Gasteiger partial charge in [-0.15, -0.1) is 0 Å². The molecule has 1 unspecified atom stereocenters. The molecule has 106 valence electrons. The number of carbonyl (C=O) groups is 1. The van der Waals surface area contributed by atoms with Gasteiger partial charge in [-0.2, -0.15) is 11.8 Å². The first-order chi connectivity index (χ1) is 8.93. The van der Waals surface area contributed by atoms with Crippen molar-refractivity contribution in [3.8, 4) is 5.75 Å². The summed E-state index contributed by atoms with van der Waals surface area (Å²) in [6, 6.07) is 6.88. The molecule has 0 saturated carbocycles. The molecule has 0 aliphatic rings. The van der Waals surface area contributed by atoms with Crippen LogP contribution < -0.4 is 15.8 Å². The quantitative estimate of drug-likeness (QED) is 0.647. The van der Waals surface area contributed by atoms with Crippen molar-refractivity contribution >= 4 is 23.4 Å². The molecule has 0 heterocycles. The number of ether oxygens (including phenoxy) is 1. The van der Waals surface area contributed by atoms with Crippen LogP contribution in [-0.4, -0.2) is 41.8 Å². The van der Waals surface area contributed by atoms with E-state index in [1.54, 1.807) is 31.2 Å². The predicted octanol–water partition coefficient (Wildman–Crippen LogP) is 0.878. The van der Waals surface area contributed by atoms with Gasteiger partial charge in [0.2, 0.25) is 0 Å². The van der Waals surface area contributed by atoms with E-state index in [1.165, 1.54) is 11.8 Å². The molecule has 0 aliphatic carbocycles. The third-order valence-electron chi connectivity index (χ3n) is 2.35. The Labute approximate surface area is 117 Å². The van der Waals surface area contributed by atoms with Gasteiger partial charge in [-0.3, -0.25) is 4.79 Å². The summed E-state index contributed by atoms with van der Waals surface area (Å²) in [5.74, 6) is 0.832. The Morgan fingerprint density at radius 2 is 2.32 bits per heavy atom. The number of thioether (sulfide) groups is 1. The Morgan fingerprint density at radius 3 is 2.95 bits per heavy atom. The molecule has 1 aromatic carbocycles. The van der Waals surface area contributed by atoms with Gasteiger partial charge in [-0.1, -0.05) is 6.07 Å². The van der Waals surface area contributed by atoms with Crippen LogP contribution in [0.25, 0.3) is 0 Å². The number of nitrogen functional groups attached to an aromatic ring is 1. The van der Waals surface area contributed by atoms with Crippen molar-refractivity contribution in [3.05, 3.63) is 24.3 Å². The van der Waals surface area contributed by atoms with Crippen LogP contribution in [0.15, 0.2) is 24.3 Å². The molecule has 0 radical (unpaired) electrons. The summed E-state index contributed by atoms with van der Waals surface area (Å²) >= 11 is 1.53. The third-order valence-corrected chi connectivity index (χ3v) is 3.26. The number of amides is 1. The summed E-state index contributed by atoms with van der Waals surface area (Å²) in [6.45, 7) is 1.79. The van der Waals surface area contributed by atoms with Crippen molar-refractivity contribution in [2.75, 3.05) is 30.9 Å². The lowest BCUT2D eigenvalue weighted by Crippen LogP contribution is -2.43. The molecule has 0 bridgehead atoms. The van der Waals surface area contributed by atoms with E-state index in [4.69, 9.17) is 10.5 Å². The molecule has 1 aromatic rings. The number of benzene rings is 1. The first kappa shape index (κ1) is 15.7. The summed E-state index contributed by atoms with van der Waals surface area (Å²) in [5, 5.41) is 12.5. The highest BCUT2D eigenvalue weighted by molar-refractivity contribution is 7.98. The van der Waals surface area contributed by atoms with Gasteiger partial charge in [0.1, 0.15) is 5.75 Å². The molecule has 1 rings (SSSR count). The summed E-state index contributed by atoms with van der Waals surface area (Å²) in [4.78, 5) is 11.6. The lowest BCUT2D eigenvalue weighted by Gasteiger charge is -2.22. The van der Waals surface area contributed by atoms with Crippen LogP contribution in [0.5, 0.6) is 5.75 Å². The van der Waals surface area contributed by atoms with Crippen LogP contribution in [0.1, 0.15) is 6.92 Å². The molecule has 0 fully saturated rings. The number of rotatable bonds is 7. The van der Waals surface area contributed by atoms with Crippen molar-refractivity contribution in [1.82, 2.24) is 5.32 Å². The van der Waals surface area contributed by atoms with E-state index < -0.39 is 5.60 Å². The van der Waals surface area contributed by atoms with Gasteiger partial charge in [0, 0.05) is 24.1 Å². The summed E-state index contributed by atoms with van der Waals surface area (Å²) in [6.07, 6.45) is 1.90. The minimum Gasteiger partial charge on any atom is -0.484 e. The van der Waals surface area contributed by atoms with E-state index in [0.29, 0.717) is 17.2 Å². The lowest BCUT2D eigenvalue weighted by atomic mass is 10.1. The van der Waals surface area contributed by atoms with E-state index in [9.17, 15) is 9.90 Å². The van der Waals surface area contributed by atoms with Gasteiger partial charge in [0.15, 0.2) is 6.61 Å². The minimum absolute atomic E-state index is 0.0984. The van der Waals surface area contributed by atoms with E-state index in [0.717, 1.165) is 0 Å². The van der Waals surface area contributed by atoms with Crippen LogP contribution in [0.2, 0.25) is 0 Å². The predicted molar refractivity (Wildman–Crippen MR) is 78.4 cm³/mol. The average Bonchev–Trinajstić information content (AvgIpc) is 2.34. The maximum atomic E-state index is 11.6. The Kier molecular flexibility index (Phi) is 5.98. The fraction of sp³-hybridized carbons (Fsp3) is 0.462. The van der Waals surface area contributed by atoms with Gasteiger partial charge >= 0.3 is 0 Å². The average molecular weight is 284 g/mol. The second-order valence-electron chi connectivity index (χ2n) is 4.57. The third kappa shape index (κ3) is 6.35. The molecular weight excluding hydrogens is 264 g/mol. The smallest absolute Gasteiger partial charge is 0.258 e. The number of anilines is 1. The number of aliphatic hydroxyl groups is 1. The first-order valence-corrected chi connectivity index (χ1v) is 7.29. The van der Waals surface area contributed by atoms with Crippen molar-refractivity contribution in [3.63, 3.8) is 0 Å². The molecule has 1 atom stereocenters. The highest BCUT2D eigenvalue weighted by Gasteiger charge is 2.20. The maximum Gasteiger partial charge on any atom is 0.258 e. The number of hydrogen-bond acceptors (Lipinski definition) is 5. The summed E-state index contributed by atoms with van der Waals surface area (Å²) < 4.78 is 5.29. The van der Waals surface area contributed by atoms with Gasteiger partial charge < -0.3 is 20.9 Å². The Morgan fingerprint density at radius 1 is 1.58 bits per heavy atom. The standard InChI is InChI=1S/C13H20N2O3S/c1-13(17,9-19-2)8-15-12(16)7-18-11-5-3-4-10(14)6-11/h3-6,17H,7-9,14H2,1-2H3,(H,15,16). The zero-order valence-electron chi connectivity index (χ0n) is 11.2. The molecule has 0 saturated heterocycles. The SMILES string of the molecule is CSCC(C)(O)CNC(=O)COc1cccc(N)c1. The number of nitrogens with one attached hydrogen (secondary N) is 1. The Bertz CT molecular complexity index is 424. The number of carbonyl (C=O) groups excluding carboxylic acids is 1. The largest absolute Gasteiger partial charge is 0.484 e. The molecule has 19 heavy (non-hydrogen) atoms. The Hall–Kier alpha value is -1.40. The molecule has 0 spiro atoms. The summed E-state index contributed by atoms with van der Waals surface area (Å²) in [7, 11) is 0. The van der Waals surface area contributed by atoms with Crippen LogP contribution in [-0.2, 0) is 4.79 Å². The molecule has 5 nitrogen and oxygen atoms in total. The maximum absolute atomic E-state index is 11.6. The molecule has 1 amide bonds. The second kappa shape index (κ2) is 7.25. The topological polar surface area (TPSA) is 84.6 Å². The van der Waals surface area contributed by atoms with E-state index in [-0.39, 0.29) is 19.1 Å². The molecular formula is C13H20N2O3S. The second-order valence-corrected chi connectivity index (χ2v) is 5.43. The van der Waals surface area contributed by atoms with Crippen molar-refractivity contribution < 1.29 is 14.6 Å². The van der Waals surface area contributed by atoms with Crippen LogP contribution >= 0.6 is 11.8 Å². The number of hydrogen-bond donors (Lipinski definition) is 3. The van der Waals surface area contributed by atoms with Crippen LogP contribution in [0, 0.1) is 0 Å². The fourth-order valence-electron chi connectivity index (χ4n) is 1.46. The Balaban J connectivity index is 2.32. The van der Waals surface area contributed by atoms with Gasteiger partial charge in [0.05, 0.1) is 5.60 Å². The van der Waals surface area contributed by atoms with Gasteiger partial charge in [0.25, 0.3) is 5.91 Å². The van der Waals surface area contributed by atoms with E-state index in [1.807, 2.05) is 6.26 Å². The van der Waals surface area contributed by atoms with E-state index in [2.05, 4.69) is 5.32 Å². The minimum atomic E-state index is -0.910. The van der Waals surface area contributed by atoms with E-state index >= 15 is 0 Å². The molecule has 4 N–H and O–H groups in total. The fourth-order valence-corrected chi connectivity index (χ4v) is 2.18. The lowest BCUT2D eigenvalue weighted by molar-refractivity contribution is -0.124. The number of nitrogens with two attached hydrogens (primary N) is 1. The van der Waals surface area contributed by atoms with Crippen LogP contribution in [0.3, 0.4) is 0 Å². The summed E-state index contributed by atoms with van der Waals surface area (Å²) in [5.41, 5.74) is 5.27. The van der Waals surface area contributed by atoms with Crippen LogP contribution in [0.4, 0.5) is 5.69 Å². The highest BCUT2D eigenvalue weighted by atomic mass is 32.2. The van der Waals surface area contributed by atoms with Gasteiger partial charge in [-0.05, 0) is 25.3 Å². The van der Waals surface area contributed by atoms with Crippen molar-refractivity contribution in [1.29, 1.82) is 0 Å². The van der Waals surface area contributed by atoms with Crippen molar-refractivity contribution in [2.24, 2.45) is 0 Å². The molecule has 0 aromatic heterocycles. The van der Waals surface area contributed by atoms with Gasteiger partial charge in [-0.25, -0.2) is 0 Å². The normalized spacial score (nSPS) is 13.6. The zero-order valence-corrected chi connectivity index (χ0v) is 12.0. The monoisotopic (exact) mass is 284 g/mol. The molecule has 0 aliphatic heterocycles.